The largest absolute Gasteiger partial charge is 0.338 e. The molecule has 0 saturated heterocycles. The zero-order chi connectivity index (χ0) is 17.9. The molecule has 1 N–H and O–H groups in total. The molecule has 0 amide bonds. The van der Waals surface area contributed by atoms with Crippen molar-refractivity contribution < 1.29 is 12.9 Å². The van der Waals surface area contributed by atoms with Gasteiger partial charge in [-0.15, -0.1) is 0 Å². The maximum Gasteiger partial charge on any atom is 0.242 e. The summed E-state index contributed by atoms with van der Waals surface area (Å²) in [6.45, 7) is 1.89. The van der Waals surface area contributed by atoms with Gasteiger partial charge in [0.2, 0.25) is 21.7 Å². The molecule has 0 fully saturated rings. The minimum atomic E-state index is -3.50. The first-order valence-electron chi connectivity index (χ1n) is 7.53. The molecule has 25 heavy (non-hydrogen) atoms. The summed E-state index contributed by atoms with van der Waals surface area (Å²) in [5.41, 5.74) is 2.53. The van der Waals surface area contributed by atoms with E-state index in [4.69, 9.17) is 16.1 Å². The Morgan fingerprint density at radius 1 is 1.08 bits per heavy atom. The van der Waals surface area contributed by atoms with Crippen LogP contribution in [-0.4, -0.2) is 18.6 Å². The molecule has 1 aromatic heterocycles. The van der Waals surface area contributed by atoms with E-state index < -0.39 is 10.0 Å². The summed E-state index contributed by atoms with van der Waals surface area (Å²) in [6.07, 6.45) is 0. The summed E-state index contributed by atoms with van der Waals surface area (Å²) in [5.74, 6) is 0.465. The molecule has 0 radical (unpaired) electrons. The molecule has 0 aliphatic heterocycles. The lowest BCUT2D eigenvalue weighted by Crippen LogP contribution is -2.24. The van der Waals surface area contributed by atoms with E-state index in [1.54, 1.807) is 36.4 Å². The second kappa shape index (κ2) is 7.35. The fourth-order valence-corrected chi connectivity index (χ4v) is 3.37. The zero-order valence-corrected chi connectivity index (χ0v) is 15.0. The van der Waals surface area contributed by atoms with Crippen LogP contribution in [0.3, 0.4) is 0 Å². The Hall–Kier alpha value is -2.22. The van der Waals surface area contributed by atoms with Gasteiger partial charge in [-0.05, 0) is 36.8 Å². The second-order valence-electron chi connectivity index (χ2n) is 5.58. The molecule has 6 nitrogen and oxygen atoms in total. The van der Waals surface area contributed by atoms with Crippen molar-refractivity contribution in [1.29, 1.82) is 0 Å². The standard InChI is InChI=1S/C17H16ClN3O3S/c1-12-2-4-13(5-3-12)11-25(22,23)19-10-16-20-17(21-24-16)14-6-8-15(18)9-7-14/h2-9,19H,10-11H2,1H3. The first-order chi connectivity index (χ1) is 11.9. The average molecular weight is 378 g/mol. The van der Waals surface area contributed by atoms with Gasteiger partial charge in [-0.1, -0.05) is 46.6 Å². The van der Waals surface area contributed by atoms with Crippen molar-refractivity contribution in [2.45, 2.75) is 19.2 Å². The highest BCUT2D eigenvalue weighted by atomic mass is 35.5. The number of nitrogens with one attached hydrogen (secondary N) is 1. The fourth-order valence-electron chi connectivity index (χ4n) is 2.17. The van der Waals surface area contributed by atoms with Gasteiger partial charge in [0.05, 0.1) is 12.3 Å². The van der Waals surface area contributed by atoms with Crippen molar-refractivity contribution in [2.24, 2.45) is 0 Å². The van der Waals surface area contributed by atoms with E-state index in [-0.39, 0.29) is 18.2 Å². The van der Waals surface area contributed by atoms with Gasteiger partial charge < -0.3 is 4.52 Å². The van der Waals surface area contributed by atoms with Gasteiger partial charge >= 0.3 is 0 Å². The molecule has 130 valence electrons. The predicted molar refractivity (Wildman–Crippen MR) is 95.4 cm³/mol. The first kappa shape index (κ1) is 17.6. The molecular weight excluding hydrogens is 362 g/mol. The summed E-state index contributed by atoms with van der Waals surface area (Å²) in [4.78, 5) is 4.18. The Bertz CT molecular complexity index is 952. The lowest BCUT2D eigenvalue weighted by molar-refractivity contribution is 0.376. The van der Waals surface area contributed by atoms with E-state index in [1.165, 1.54) is 0 Å². The Morgan fingerprint density at radius 2 is 1.76 bits per heavy atom. The zero-order valence-electron chi connectivity index (χ0n) is 13.4. The van der Waals surface area contributed by atoms with Gasteiger partial charge in [0, 0.05) is 10.6 Å². The van der Waals surface area contributed by atoms with E-state index in [9.17, 15) is 8.42 Å². The van der Waals surface area contributed by atoms with Crippen LogP contribution in [0.25, 0.3) is 11.4 Å². The van der Waals surface area contributed by atoms with E-state index in [2.05, 4.69) is 14.9 Å². The van der Waals surface area contributed by atoms with Crippen LogP contribution in [0, 0.1) is 6.92 Å². The van der Waals surface area contributed by atoms with Gasteiger partial charge in [0.15, 0.2) is 0 Å². The number of hydrogen-bond donors (Lipinski definition) is 1. The van der Waals surface area contributed by atoms with Crippen LogP contribution < -0.4 is 4.72 Å². The van der Waals surface area contributed by atoms with Crippen LogP contribution in [-0.2, 0) is 22.3 Å². The van der Waals surface area contributed by atoms with Gasteiger partial charge in [-0.25, -0.2) is 13.1 Å². The fraction of sp³-hybridized carbons (Fsp3) is 0.176. The average Bonchev–Trinajstić information content (AvgIpc) is 3.05. The smallest absolute Gasteiger partial charge is 0.242 e. The van der Waals surface area contributed by atoms with Crippen LogP contribution in [0.15, 0.2) is 53.1 Å². The Morgan fingerprint density at radius 3 is 2.44 bits per heavy atom. The van der Waals surface area contributed by atoms with E-state index >= 15 is 0 Å². The molecule has 3 rings (SSSR count). The SMILES string of the molecule is Cc1ccc(CS(=O)(=O)NCc2nc(-c3ccc(Cl)cc3)no2)cc1. The summed E-state index contributed by atoms with van der Waals surface area (Å²) >= 11 is 5.84. The topological polar surface area (TPSA) is 85.1 Å². The molecule has 2 aromatic carbocycles. The highest BCUT2D eigenvalue weighted by Gasteiger charge is 2.14. The molecule has 0 aliphatic carbocycles. The number of rotatable bonds is 6. The maximum atomic E-state index is 12.2. The molecule has 1 heterocycles. The molecule has 0 aliphatic rings. The van der Waals surface area contributed by atoms with Gasteiger partial charge in [0.1, 0.15) is 0 Å². The van der Waals surface area contributed by atoms with Crippen LogP contribution in [0.2, 0.25) is 5.02 Å². The number of benzene rings is 2. The predicted octanol–water partition coefficient (Wildman–Crippen LogP) is 3.32. The Labute approximate surface area is 150 Å². The number of aromatic nitrogens is 2. The lowest BCUT2D eigenvalue weighted by Gasteiger charge is -2.05. The quantitative estimate of drug-likeness (QED) is 0.712. The van der Waals surface area contributed by atoms with Crippen LogP contribution in [0.1, 0.15) is 17.0 Å². The summed E-state index contributed by atoms with van der Waals surface area (Å²) in [7, 11) is -3.50. The van der Waals surface area contributed by atoms with Crippen molar-refractivity contribution in [1.82, 2.24) is 14.9 Å². The molecule has 0 spiro atoms. The Balaban J connectivity index is 1.63. The second-order valence-corrected chi connectivity index (χ2v) is 7.83. The van der Waals surface area contributed by atoms with Crippen molar-refractivity contribution in [3.05, 3.63) is 70.6 Å². The summed E-state index contributed by atoms with van der Waals surface area (Å²) in [6, 6.07) is 14.3. The molecule has 8 heteroatoms. The molecule has 3 aromatic rings. The third-order valence-corrected chi connectivity index (χ3v) is 5.04. The molecule has 0 unspecified atom stereocenters. The van der Waals surface area contributed by atoms with Crippen molar-refractivity contribution in [3.63, 3.8) is 0 Å². The molecule has 0 saturated carbocycles. The monoisotopic (exact) mass is 377 g/mol. The van der Waals surface area contributed by atoms with E-state index in [0.717, 1.165) is 11.1 Å². The van der Waals surface area contributed by atoms with Crippen LogP contribution in [0.4, 0.5) is 0 Å². The summed E-state index contributed by atoms with van der Waals surface area (Å²) < 4.78 is 31.9. The molecular formula is C17H16ClN3O3S. The number of aryl methyl sites for hydroxylation is 1. The minimum Gasteiger partial charge on any atom is -0.338 e. The normalized spacial score (nSPS) is 11.6. The van der Waals surface area contributed by atoms with E-state index in [1.807, 2.05) is 19.1 Å². The minimum absolute atomic E-state index is 0.0607. The first-order valence-corrected chi connectivity index (χ1v) is 9.56. The van der Waals surface area contributed by atoms with Crippen molar-refractivity contribution in [3.8, 4) is 11.4 Å². The highest BCUT2D eigenvalue weighted by Crippen LogP contribution is 2.18. The molecule has 0 bridgehead atoms. The number of sulfonamides is 1. The molecule has 0 atom stereocenters. The van der Waals surface area contributed by atoms with Gasteiger partial charge in [0.25, 0.3) is 0 Å². The van der Waals surface area contributed by atoms with Crippen molar-refractivity contribution >= 4 is 21.6 Å². The highest BCUT2D eigenvalue weighted by molar-refractivity contribution is 7.88. The number of hydrogen-bond acceptors (Lipinski definition) is 5. The van der Waals surface area contributed by atoms with E-state index in [0.29, 0.717) is 16.4 Å². The third kappa shape index (κ3) is 4.88. The van der Waals surface area contributed by atoms with Gasteiger partial charge in [-0.3, -0.25) is 0 Å². The maximum absolute atomic E-state index is 12.2. The summed E-state index contributed by atoms with van der Waals surface area (Å²) in [5, 5.41) is 4.45. The number of nitrogens with zero attached hydrogens (tertiary/aromatic N) is 2. The Kier molecular flexibility index (Phi) is 5.17. The van der Waals surface area contributed by atoms with Crippen molar-refractivity contribution in [2.75, 3.05) is 0 Å². The van der Waals surface area contributed by atoms with Crippen LogP contribution >= 0.6 is 11.6 Å². The van der Waals surface area contributed by atoms with Gasteiger partial charge in [-0.2, -0.15) is 4.98 Å². The third-order valence-electron chi connectivity index (χ3n) is 3.49. The van der Waals surface area contributed by atoms with Crippen LogP contribution in [0.5, 0.6) is 0 Å². The lowest BCUT2D eigenvalue weighted by atomic mass is 10.2. The number of halogens is 1.